The van der Waals surface area contributed by atoms with Crippen LogP contribution in [0, 0.1) is 0 Å². The van der Waals surface area contributed by atoms with E-state index in [1.807, 2.05) is 6.08 Å². The molecule has 1 rings (SSSR count). The third-order valence-electron chi connectivity index (χ3n) is 1.94. The van der Waals surface area contributed by atoms with Gasteiger partial charge in [0.1, 0.15) is 0 Å². The molecule has 16 heavy (non-hydrogen) atoms. The van der Waals surface area contributed by atoms with Gasteiger partial charge in [0.15, 0.2) is 0 Å². The van der Waals surface area contributed by atoms with E-state index in [-0.39, 0.29) is 0 Å². The average Bonchev–Trinajstić information content (AvgIpc) is 2.29. The Hall–Kier alpha value is -1.42. The van der Waals surface area contributed by atoms with Crippen LogP contribution in [0.2, 0.25) is 0 Å². The first kappa shape index (κ1) is 12.6. The Morgan fingerprint density at radius 2 is 2.12 bits per heavy atom. The standard InChI is InChI=1S/C12H15NO2S/c1-2-8-16-9-7-13-11-5-3-10(4-6-11)12(14)15/h2-6,13H,1,7-9H2,(H,14,15). The van der Waals surface area contributed by atoms with Crippen molar-refractivity contribution >= 4 is 23.4 Å². The summed E-state index contributed by atoms with van der Waals surface area (Å²) in [7, 11) is 0. The maximum Gasteiger partial charge on any atom is 0.335 e. The number of nitrogens with one attached hydrogen (secondary N) is 1. The quantitative estimate of drug-likeness (QED) is 0.565. The van der Waals surface area contributed by atoms with E-state index in [0.717, 1.165) is 23.7 Å². The summed E-state index contributed by atoms with van der Waals surface area (Å²) in [5.74, 6) is 1.07. The van der Waals surface area contributed by atoms with Gasteiger partial charge in [0.25, 0.3) is 0 Å². The fraction of sp³-hybridized carbons (Fsp3) is 0.250. The molecule has 0 fully saturated rings. The number of benzene rings is 1. The second-order valence-electron chi connectivity index (χ2n) is 3.17. The number of thioether (sulfide) groups is 1. The van der Waals surface area contributed by atoms with Gasteiger partial charge in [-0.15, -0.1) is 6.58 Å². The number of rotatable bonds is 7. The van der Waals surface area contributed by atoms with Crippen molar-refractivity contribution in [3.05, 3.63) is 42.5 Å². The highest BCUT2D eigenvalue weighted by Crippen LogP contribution is 2.09. The summed E-state index contributed by atoms with van der Waals surface area (Å²) in [6, 6.07) is 6.76. The molecule has 1 aromatic rings. The van der Waals surface area contributed by atoms with Gasteiger partial charge >= 0.3 is 5.97 Å². The van der Waals surface area contributed by atoms with Gasteiger partial charge in [-0.1, -0.05) is 6.08 Å². The smallest absolute Gasteiger partial charge is 0.335 e. The van der Waals surface area contributed by atoms with Crippen LogP contribution in [0.15, 0.2) is 36.9 Å². The molecule has 2 N–H and O–H groups in total. The second-order valence-corrected chi connectivity index (χ2v) is 4.32. The monoisotopic (exact) mass is 237 g/mol. The van der Waals surface area contributed by atoms with Crippen LogP contribution in [-0.4, -0.2) is 29.1 Å². The van der Waals surface area contributed by atoms with Gasteiger partial charge in [-0.3, -0.25) is 0 Å². The van der Waals surface area contributed by atoms with Crippen molar-refractivity contribution in [1.82, 2.24) is 0 Å². The fourth-order valence-electron chi connectivity index (χ4n) is 1.16. The molecule has 0 aliphatic heterocycles. The van der Waals surface area contributed by atoms with Gasteiger partial charge in [-0.2, -0.15) is 11.8 Å². The molecule has 0 spiro atoms. The van der Waals surface area contributed by atoms with E-state index in [2.05, 4.69) is 11.9 Å². The molecule has 0 aromatic heterocycles. The molecule has 86 valence electrons. The van der Waals surface area contributed by atoms with Gasteiger partial charge in [0.2, 0.25) is 0 Å². The van der Waals surface area contributed by atoms with Crippen LogP contribution in [-0.2, 0) is 0 Å². The molecule has 0 unspecified atom stereocenters. The topological polar surface area (TPSA) is 49.3 Å². The minimum absolute atomic E-state index is 0.312. The summed E-state index contributed by atoms with van der Waals surface area (Å²) in [5.41, 5.74) is 1.26. The molecule has 0 atom stereocenters. The van der Waals surface area contributed by atoms with Crippen LogP contribution in [0.5, 0.6) is 0 Å². The molecule has 4 heteroatoms. The fourth-order valence-corrected chi connectivity index (χ4v) is 1.74. The highest BCUT2D eigenvalue weighted by molar-refractivity contribution is 7.99. The number of anilines is 1. The number of hydrogen-bond acceptors (Lipinski definition) is 3. The Bertz CT molecular complexity index is 349. The molecule has 0 bridgehead atoms. The van der Waals surface area contributed by atoms with Crippen molar-refractivity contribution < 1.29 is 9.90 Å². The third-order valence-corrected chi connectivity index (χ3v) is 2.91. The minimum atomic E-state index is -0.895. The largest absolute Gasteiger partial charge is 0.478 e. The average molecular weight is 237 g/mol. The summed E-state index contributed by atoms with van der Waals surface area (Å²) < 4.78 is 0. The molecule has 0 radical (unpaired) electrons. The number of carboxylic acids is 1. The van der Waals surface area contributed by atoms with Gasteiger partial charge in [-0.25, -0.2) is 4.79 Å². The lowest BCUT2D eigenvalue weighted by Crippen LogP contribution is -2.04. The van der Waals surface area contributed by atoms with Gasteiger partial charge < -0.3 is 10.4 Å². The second kappa shape index (κ2) is 6.95. The Kier molecular flexibility index (Phi) is 5.50. The first-order valence-corrected chi connectivity index (χ1v) is 6.15. The molecular weight excluding hydrogens is 222 g/mol. The highest BCUT2D eigenvalue weighted by atomic mass is 32.2. The first-order valence-electron chi connectivity index (χ1n) is 5.00. The van der Waals surface area contributed by atoms with Gasteiger partial charge in [0, 0.05) is 23.7 Å². The van der Waals surface area contributed by atoms with E-state index >= 15 is 0 Å². The normalized spacial score (nSPS) is 9.75. The highest BCUT2D eigenvalue weighted by Gasteiger charge is 2.00. The molecule has 0 amide bonds. The van der Waals surface area contributed by atoms with Crippen molar-refractivity contribution in [2.24, 2.45) is 0 Å². The third kappa shape index (κ3) is 4.40. The molecule has 0 aliphatic rings. The van der Waals surface area contributed by atoms with Gasteiger partial charge in [0.05, 0.1) is 5.56 Å². The molecule has 0 heterocycles. The van der Waals surface area contributed by atoms with E-state index in [0.29, 0.717) is 5.56 Å². The molecule has 3 nitrogen and oxygen atoms in total. The first-order chi connectivity index (χ1) is 7.74. The summed E-state index contributed by atoms with van der Waals surface area (Å²) >= 11 is 1.81. The minimum Gasteiger partial charge on any atom is -0.478 e. The van der Waals surface area contributed by atoms with Gasteiger partial charge in [-0.05, 0) is 24.3 Å². The summed E-state index contributed by atoms with van der Waals surface area (Å²) in [6.07, 6.45) is 1.88. The van der Waals surface area contributed by atoms with Crippen LogP contribution in [0.25, 0.3) is 0 Å². The molecule has 0 saturated heterocycles. The predicted octanol–water partition coefficient (Wildman–Crippen LogP) is 2.72. The van der Waals surface area contributed by atoms with Crippen molar-refractivity contribution in [3.63, 3.8) is 0 Å². The van der Waals surface area contributed by atoms with E-state index < -0.39 is 5.97 Å². The van der Waals surface area contributed by atoms with Crippen LogP contribution >= 0.6 is 11.8 Å². The zero-order valence-electron chi connectivity index (χ0n) is 8.98. The predicted molar refractivity (Wildman–Crippen MR) is 69.4 cm³/mol. The molecule has 0 saturated carbocycles. The van der Waals surface area contributed by atoms with Crippen molar-refractivity contribution in [1.29, 1.82) is 0 Å². The van der Waals surface area contributed by atoms with Crippen LogP contribution in [0.4, 0.5) is 5.69 Å². The van der Waals surface area contributed by atoms with E-state index in [4.69, 9.17) is 5.11 Å². The lowest BCUT2D eigenvalue weighted by atomic mass is 10.2. The lowest BCUT2D eigenvalue weighted by molar-refractivity contribution is 0.0697. The maximum absolute atomic E-state index is 10.6. The SMILES string of the molecule is C=CCSCCNc1ccc(C(=O)O)cc1. The maximum atomic E-state index is 10.6. The number of carboxylic acid groups (broad SMARTS) is 1. The van der Waals surface area contributed by atoms with E-state index in [1.165, 1.54) is 0 Å². The van der Waals surface area contributed by atoms with Crippen LogP contribution in [0.3, 0.4) is 0 Å². The van der Waals surface area contributed by atoms with E-state index in [1.54, 1.807) is 36.0 Å². The lowest BCUT2D eigenvalue weighted by Gasteiger charge is -2.05. The number of hydrogen-bond donors (Lipinski definition) is 2. The zero-order valence-corrected chi connectivity index (χ0v) is 9.80. The number of carbonyl (C=O) groups is 1. The van der Waals surface area contributed by atoms with Crippen molar-refractivity contribution in [2.45, 2.75) is 0 Å². The molecule has 0 aliphatic carbocycles. The Balaban J connectivity index is 2.32. The van der Waals surface area contributed by atoms with Crippen LogP contribution in [0.1, 0.15) is 10.4 Å². The van der Waals surface area contributed by atoms with Crippen LogP contribution < -0.4 is 5.32 Å². The van der Waals surface area contributed by atoms with Crippen molar-refractivity contribution in [2.75, 3.05) is 23.4 Å². The van der Waals surface area contributed by atoms with E-state index in [9.17, 15) is 4.79 Å². The summed E-state index contributed by atoms with van der Waals surface area (Å²) in [4.78, 5) is 10.6. The summed E-state index contributed by atoms with van der Waals surface area (Å²) in [5, 5.41) is 11.9. The molecule has 1 aromatic carbocycles. The summed E-state index contributed by atoms with van der Waals surface area (Å²) in [6.45, 7) is 4.51. The Labute approximate surface area is 99.6 Å². The number of aromatic carboxylic acids is 1. The molecular formula is C12H15NO2S. The Morgan fingerprint density at radius 3 is 2.69 bits per heavy atom. The zero-order chi connectivity index (χ0) is 11.8. The Morgan fingerprint density at radius 1 is 1.44 bits per heavy atom. The van der Waals surface area contributed by atoms with Crippen molar-refractivity contribution in [3.8, 4) is 0 Å².